The predicted molar refractivity (Wildman–Crippen MR) is 61.3 cm³/mol. The summed E-state index contributed by atoms with van der Waals surface area (Å²) in [7, 11) is 0. The number of thioether (sulfide) groups is 2. The molecular weight excluding hydrogens is 186 g/mol. The predicted octanol–water partition coefficient (Wildman–Crippen LogP) is 2.08. The molecule has 3 heteroatoms. The van der Waals surface area contributed by atoms with Gasteiger partial charge in [-0.1, -0.05) is 0 Å². The van der Waals surface area contributed by atoms with Gasteiger partial charge >= 0.3 is 0 Å². The fourth-order valence-electron chi connectivity index (χ4n) is 1.42. The summed E-state index contributed by atoms with van der Waals surface area (Å²) in [5.74, 6) is 4.93. The van der Waals surface area contributed by atoms with E-state index in [-0.39, 0.29) is 0 Å². The van der Waals surface area contributed by atoms with E-state index in [0.29, 0.717) is 6.04 Å². The summed E-state index contributed by atoms with van der Waals surface area (Å²) < 4.78 is 0. The molecule has 0 saturated carbocycles. The van der Waals surface area contributed by atoms with Crippen LogP contribution in [0.5, 0.6) is 0 Å². The maximum atomic E-state index is 3.59. The summed E-state index contributed by atoms with van der Waals surface area (Å²) in [6.07, 6.45) is 3.59. The second kappa shape index (κ2) is 6.17. The summed E-state index contributed by atoms with van der Waals surface area (Å²) in [4.78, 5) is 0. The minimum Gasteiger partial charge on any atom is -0.313 e. The standard InChI is InChI=1S/C9H19NS2/c1-8(6-11-2)10-5-9-3-4-12-7-9/h8-10H,3-7H2,1-2H3/t8-,9-/m0/s1. The second-order valence-corrected chi connectivity index (χ2v) is 5.55. The molecule has 1 nitrogen and oxygen atoms in total. The Morgan fingerprint density at radius 1 is 1.67 bits per heavy atom. The molecule has 0 unspecified atom stereocenters. The van der Waals surface area contributed by atoms with Gasteiger partial charge in [0.2, 0.25) is 0 Å². The van der Waals surface area contributed by atoms with Gasteiger partial charge in [-0.2, -0.15) is 23.5 Å². The second-order valence-electron chi connectivity index (χ2n) is 3.49. The van der Waals surface area contributed by atoms with E-state index >= 15 is 0 Å². The summed E-state index contributed by atoms with van der Waals surface area (Å²) in [6, 6.07) is 0.686. The molecular formula is C9H19NS2. The lowest BCUT2D eigenvalue weighted by Gasteiger charge is -2.15. The van der Waals surface area contributed by atoms with E-state index in [1.54, 1.807) is 0 Å². The van der Waals surface area contributed by atoms with Crippen LogP contribution in [0.1, 0.15) is 13.3 Å². The van der Waals surface area contributed by atoms with Crippen LogP contribution in [0, 0.1) is 5.92 Å². The van der Waals surface area contributed by atoms with E-state index in [4.69, 9.17) is 0 Å². The Hall–Kier alpha value is 0.660. The fourth-order valence-corrected chi connectivity index (χ4v) is 3.32. The van der Waals surface area contributed by atoms with E-state index in [1.165, 1.54) is 30.2 Å². The van der Waals surface area contributed by atoms with Crippen molar-refractivity contribution in [1.29, 1.82) is 0 Å². The number of nitrogens with one attached hydrogen (secondary N) is 1. The van der Waals surface area contributed by atoms with Crippen LogP contribution in [-0.4, -0.2) is 36.1 Å². The fraction of sp³-hybridized carbons (Fsp3) is 1.00. The first kappa shape index (κ1) is 10.7. The number of hydrogen-bond acceptors (Lipinski definition) is 3. The Morgan fingerprint density at radius 2 is 2.50 bits per heavy atom. The molecule has 1 saturated heterocycles. The highest BCUT2D eigenvalue weighted by molar-refractivity contribution is 7.99. The molecule has 1 fully saturated rings. The molecule has 0 aliphatic carbocycles. The van der Waals surface area contributed by atoms with E-state index in [1.807, 2.05) is 11.8 Å². The van der Waals surface area contributed by atoms with Gasteiger partial charge in [-0.05, 0) is 43.6 Å². The van der Waals surface area contributed by atoms with E-state index in [0.717, 1.165) is 5.92 Å². The van der Waals surface area contributed by atoms with Crippen LogP contribution in [0.2, 0.25) is 0 Å². The Balaban J connectivity index is 1.99. The van der Waals surface area contributed by atoms with Crippen LogP contribution in [-0.2, 0) is 0 Å². The number of rotatable bonds is 5. The van der Waals surface area contributed by atoms with Gasteiger partial charge in [-0.3, -0.25) is 0 Å². The normalized spacial score (nSPS) is 26.0. The first-order valence-electron chi connectivity index (χ1n) is 4.63. The van der Waals surface area contributed by atoms with Crippen molar-refractivity contribution in [3.05, 3.63) is 0 Å². The summed E-state index contributed by atoms with van der Waals surface area (Å²) in [5.41, 5.74) is 0. The molecule has 1 heterocycles. The zero-order valence-corrected chi connectivity index (χ0v) is 9.64. The highest BCUT2D eigenvalue weighted by Gasteiger charge is 2.15. The summed E-state index contributed by atoms with van der Waals surface area (Å²) in [5, 5.41) is 3.59. The third kappa shape index (κ3) is 4.06. The summed E-state index contributed by atoms with van der Waals surface area (Å²) >= 11 is 4.03. The monoisotopic (exact) mass is 205 g/mol. The van der Waals surface area contributed by atoms with E-state index in [2.05, 4.69) is 30.3 Å². The summed E-state index contributed by atoms with van der Waals surface area (Å²) in [6.45, 7) is 3.51. The largest absolute Gasteiger partial charge is 0.313 e. The van der Waals surface area contributed by atoms with Crippen LogP contribution in [0.25, 0.3) is 0 Å². The highest BCUT2D eigenvalue weighted by Crippen LogP contribution is 2.22. The lowest BCUT2D eigenvalue weighted by molar-refractivity contribution is 0.488. The van der Waals surface area contributed by atoms with Gasteiger partial charge in [0.1, 0.15) is 0 Å². The third-order valence-electron chi connectivity index (χ3n) is 2.20. The molecule has 1 rings (SSSR count). The van der Waals surface area contributed by atoms with Crippen molar-refractivity contribution in [2.24, 2.45) is 5.92 Å². The average Bonchev–Trinajstić information content (AvgIpc) is 2.53. The van der Waals surface area contributed by atoms with Crippen molar-refractivity contribution in [2.75, 3.05) is 30.1 Å². The van der Waals surface area contributed by atoms with Crippen molar-refractivity contribution in [2.45, 2.75) is 19.4 Å². The van der Waals surface area contributed by atoms with E-state index < -0.39 is 0 Å². The molecule has 12 heavy (non-hydrogen) atoms. The minimum absolute atomic E-state index is 0.686. The Kier molecular flexibility index (Phi) is 5.52. The van der Waals surface area contributed by atoms with Gasteiger partial charge in [0.15, 0.2) is 0 Å². The first-order chi connectivity index (χ1) is 5.83. The SMILES string of the molecule is CSC[C@H](C)NC[C@@H]1CCSC1. The van der Waals surface area contributed by atoms with Crippen LogP contribution in [0.4, 0.5) is 0 Å². The highest BCUT2D eigenvalue weighted by atomic mass is 32.2. The minimum atomic E-state index is 0.686. The Morgan fingerprint density at radius 3 is 3.08 bits per heavy atom. The first-order valence-corrected chi connectivity index (χ1v) is 7.18. The topological polar surface area (TPSA) is 12.0 Å². The molecule has 0 bridgehead atoms. The van der Waals surface area contributed by atoms with Crippen molar-refractivity contribution < 1.29 is 0 Å². The van der Waals surface area contributed by atoms with Gasteiger partial charge in [-0.15, -0.1) is 0 Å². The van der Waals surface area contributed by atoms with Crippen LogP contribution in [0.15, 0.2) is 0 Å². The van der Waals surface area contributed by atoms with Gasteiger partial charge in [0, 0.05) is 11.8 Å². The Bertz CT molecular complexity index is 113. The Labute approximate surface area is 84.4 Å². The van der Waals surface area contributed by atoms with Crippen molar-refractivity contribution >= 4 is 23.5 Å². The van der Waals surface area contributed by atoms with Gasteiger partial charge < -0.3 is 5.32 Å². The van der Waals surface area contributed by atoms with Gasteiger partial charge in [0.25, 0.3) is 0 Å². The lowest BCUT2D eigenvalue weighted by atomic mass is 10.1. The molecule has 0 aromatic rings. The van der Waals surface area contributed by atoms with E-state index in [9.17, 15) is 0 Å². The molecule has 0 aromatic carbocycles. The van der Waals surface area contributed by atoms with Crippen LogP contribution >= 0.6 is 23.5 Å². The van der Waals surface area contributed by atoms with Crippen molar-refractivity contribution in [1.82, 2.24) is 5.32 Å². The smallest absolute Gasteiger partial charge is 0.0129 e. The zero-order chi connectivity index (χ0) is 8.81. The third-order valence-corrected chi connectivity index (χ3v) is 4.26. The molecule has 0 amide bonds. The molecule has 0 radical (unpaired) electrons. The van der Waals surface area contributed by atoms with Crippen molar-refractivity contribution in [3.63, 3.8) is 0 Å². The van der Waals surface area contributed by atoms with Crippen LogP contribution in [0.3, 0.4) is 0 Å². The molecule has 1 aliphatic rings. The lowest BCUT2D eigenvalue weighted by Crippen LogP contribution is -2.32. The molecule has 2 atom stereocenters. The maximum absolute atomic E-state index is 3.59. The average molecular weight is 205 g/mol. The zero-order valence-electron chi connectivity index (χ0n) is 8.01. The van der Waals surface area contributed by atoms with Crippen molar-refractivity contribution in [3.8, 4) is 0 Å². The molecule has 0 aromatic heterocycles. The molecule has 72 valence electrons. The molecule has 0 spiro atoms. The van der Waals surface area contributed by atoms with Gasteiger partial charge in [0.05, 0.1) is 0 Å². The van der Waals surface area contributed by atoms with Crippen LogP contribution < -0.4 is 5.32 Å². The van der Waals surface area contributed by atoms with Gasteiger partial charge in [-0.25, -0.2) is 0 Å². The quantitative estimate of drug-likeness (QED) is 0.738. The number of hydrogen-bond donors (Lipinski definition) is 1. The maximum Gasteiger partial charge on any atom is 0.0129 e. The molecule has 1 aliphatic heterocycles. The molecule has 1 N–H and O–H groups in total.